The van der Waals surface area contributed by atoms with Gasteiger partial charge in [-0.05, 0) is 36.0 Å². The molecule has 2 heteroatoms. The summed E-state index contributed by atoms with van der Waals surface area (Å²) in [5, 5.41) is 0. The number of rotatable bonds is 0. The lowest BCUT2D eigenvalue weighted by molar-refractivity contribution is -0.135. The van der Waals surface area contributed by atoms with Crippen molar-refractivity contribution in [2.75, 3.05) is 6.61 Å². The maximum atomic E-state index is 11.7. The fourth-order valence-electron chi connectivity index (χ4n) is 4.66. The molecule has 1 saturated heterocycles. The molecule has 0 N–H and O–H groups in total. The van der Waals surface area contributed by atoms with Crippen molar-refractivity contribution >= 4 is 5.97 Å². The third kappa shape index (κ3) is 1.42. The topological polar surface area (TPSA) is 26.3 Å². The van der Waals surface area contributed by atoms with Gasteiger partial charge in [0.05, 0.1) is 6.61 Å². The van der Waals surface area contributed by atoms with Crippen LogP contribution in [0.1, 0.15) is 46.5 Å². The van der Waals surface area contributed by atoms with Crippen molar-refractivity contribution in [1.29, 1.82) is 0 Å². The average molecular weight is 234 g/mol. The number of hydrogen-bond donors (Lipinski definition) is 0. The van der Waals surface area contributed by atoms with Crippen molar-refractivity contribution in [3.8, 4) is 0 Å². The molecule has 0 spiro atoms. The van der Waals surface area contributed by atoms with Crippen LogP contribution < -0.4 is 0 Å². The van der Waals surface area contributed by atoms with Crippen molar-refractivity contribution in [2.24, 2.45) is 22.7 Å². The van der Waals surface area contributed by atoms with Gasteiger partial charge in [0.1, 0.15) is 0 Å². The summed E-state index contributed by atoms with van der Waals surface area (Å²) in [4.78, 5) is 11.7. The standard InChI is InChI=1S/C15H22O2/c1-14(2)7-4-8-15(3)11-9-17-13(16)10(11)5-6-12(14)15/h5,11-12H,4,6-9H2,1-3H3/t11-,12+,15+/m0/s1. The summed E-state index contributed by atoms with van der Waals surface area (Å²) >= 11 is 0. The first-order valence-corrected chi connectivity index (χ1v) is 6.82. The van der Waals surface area contributed by atoms with Gasteiger partial charge in [-0.3, -0.25) is 0 Å². The van der Waals surface area contributed by atoms with Crippen molar-refractivity contribution in [3.05, 3.63) is 11.6 Å². The average Bonchev–Trinajstić information content (AvgIpc) is 2.60. The van der Waals surface area contributed by atoms with E-state index in [2.05, 4.69) is 26.8 Å². The van der Waals surface area contributed by atoms with E-state index in [9.17, 15) is 4.79 Å². The monoisotopic (exact) mass is 234 g/mol. The van der Waals surface area contributed by atoms with E-state index >= 15 is 0 Å². The zero-order valence-electron chi connectivity index (χ0n) is 11.1. The van der Waals surface area contributed by atoms with Crippen LogP contribution in [0.2, 0.25) is 0 Å². The van der Waals surface area contributed by atoms with Gasteiger partial charge in [-0.2, -0.15) is 0 Å². The second-order valence-corrected chi connectivity index (χ2v) is 6.95. The highest BCUT2D eigenvalue weighted by molar-refractivity contribution is 5.91. The van der Waals surface area contributed by atoms with E-state index in [1.54, 1.807) is 0 Å². The van der Waals surface area contributed by atoms with E-state index in [0.29, 0.717) is 23.9 Å². The molecule has 3 rings (SSSR count). The highest BCUT2D eigenvalue weighted by atomic mass is 16.5. The van der Waals surface area contributed by atoms with Crippen LogP contribution in [0.5, 0.6) is 0 Å². The van der Waals surface area contributed by atoms with E-state index in [4.69, 9.17) is 4.74 Å². The van der Waals surface area contributed by atoms with Gasteiger partial charge in [0, 0.05) is 11.5 Å². The van der Waals surface area contributed by atoms with Crippen LogP contribution in [0.3, 0.4) is 0 Å². The van der Waals surface area contributed by atoms with E-state index in [1.807, 2.05) is 0 Å². The van der Waals surface area contributed by atoms with Gasteiger partial charge in [0.25, 0.3) is 0 Å². The molecule has 0 aromatic heterocycles. The molecular weight excluding hydrogens is 212 g/mol. The van der Waals surface area contributed by atoms with E-state index in [-0.39, 0.29) is 11.4 Å². The van der Waals surface area contributed by atoms with Crippen molar-refractivity contribution in [1.82, 2.24) is 0 Å². The molecule has 0 unspecified atom stereocenters. The van der Waals surface area contributed by atoms with Crippen LogP contribution in [0.4, 0.5) is 0 Å². The van der Waals surface area contributed by atoms with Gasteiger partial charge in [0.2, 0.25) is 0 Å². The largest absolute Gasteiger partial charge is 0.462 e. The molecule has 17 heavy (non-hydrogen) atoms. The highest BCUT2D eigenvalue weighted by Gasteiger charge is 2.55. The van der Waals surface area contributed by atoms with Crippen LogP contribution in [-0.2, 0) is 9.53 Å². The Morgan fingerprint density at radius 3 is 2.82 bits per heavy atom. The number of carbonyl (C=O) groups is 1. The number of allylic oxidation sites excluding steroid dienone is 1. The molecule has 0 radical (unpaired) electrons. The van der Waals surface area contributed by atoms with E-state index in [0.717, 1.165) is 12.0 Å². The Morgan fingerprint density at radius 2 is 2.06 bits per heavy atom. The molecule has 1 heterocycles. The zero-order chi connectivity index (χ0) is 12.3. The summed E-state index contributed by atoms with van der Waals surface area (Å²) in [7, 11) is 0. The Kier molecular flexibility index (Phi) is 2.24. The number of carbonyl (C=O) groups excluding carboxylic acids is 1. The van der Waals surface area contributed by atoms with Gasteiger partial charge >= 0.3 is 5.97 Å². The van der Waals surface area contributed by atoms with Gasteiger partial charge in [-0.25, -0.2) is 4.79 Å². The summed E-state index contributed by atoms with van der Waals surface area (Å²) in [5.41, 5.74) is 1.65. The number of fused-ring (bicyclic) bond motifs is 3. The second-order valence-electron chi connectivity index (χ2n) is 6.95. The lowest BCUT2D eigenvalue weighted by atomic mass is 9.49. The molecule has 0 amide bonds. The summed E-state index contributed by atoms with van der Waals surface area (Å²) in [5.74, 6) is 0.998. The van der Waals surface area contributed by atoms with Crippen molar-refractivity contribution < 1.29 is 9.53 Å². The Labute approximate surface area is 103 Å². The Bertz CT molecular complexity index is 394. The first-order valence-electron chi connectivity index (χ1n) is 6.82. The van der Waals surface area contributed by atoms with Crippen LogP contribution in [0, 0.1) is 22.7 Å². The number of hydrogen-bond acceptors (Lipinski definition) is 2. The smallest absolute Gasteiger partial charge is 0.334 e. The molecule has 1 aliphatic heterocycles. The summed E-state index contributed by atoms with van der Waals surface area (Å²) in [6.45, 7) is 7.79. The van der Waals surface area contributed by atoms with E-state index < -0.39 is 0 Å². The predicted molar refractivity (Wildman–Crippen MR) is 66.4 cm³/mol. The summed E-state index contributed by atoms with van der Waals surface area (Å²) < 4.78 is 5.28. The SMILES string of the molecule is CC1(C)CCC[C@@]2(C)[C@@H]1CC=C1C(=O)OC[C@@H]12. The van der Waals surface area contributed by atoms with Crippen molar-refractivity contribution in [2.45, 2.75) is 46.5 Å². The molecule has 3 aliphatic rings. The van der Waals surface area contributed by atoms with Crippen LogP contribution in [0.25, 0.3) is 0 Å². The fourth-order valence-corrected chi connectivity index (χ4v) is 4.66. The molecule has 2 nitrogen and oxygen atoms in total. The van der Waals surface area contributed by atoms with Crippen LogP contribution >= 0.6 is 0 Å². The predicted octanol–water partition coefficient (Wildman–Crippen LogP) is 3.32. The molecule has 2 aliphatic carbocycles. The van der Waals surface area contributed by atoms with Crippen molar-refractivity contribution in [3.63, 3.8) is 0 Å². The first kappa shape index (κ1) is 11.3. The minimum atomic E-state index is -0.0574. The Morgan fingerprint density at radius 1 is 1.29 bits per heavy atom. The first-order chi connectivity index (χ1) is 7.95. The number of esters is 1. The minimum absolute atomic E-state index is 0.0574. The minimum Gasteiger partial charge on any atom is -0.462 e. The van der Waals surface area contributed by atoms with Gasteiger partial charge < -0.3 is 4.74 Å². The lowest BCUT2D eigenvalue weighted by Gasteiger charge is -2.55. The molecule has 0 bridgehead atoms. The maximum Gasteiger partial charge on any atom is 0.334 e. The number of cyclic esters (lactones) is 1. The zero-order valence-corrected chi connectivity index (χ0v) is 11.1. The molecule has 0 aromatic rings. The fraction of sp³-hybridized carbons (Fsp3) is 0.800. The quantitative estimate of drug-likeness (QED) is 0.601. The third-order valence-electron chi connectivity index (χ3n) is 5.64. The Balaban J connectivity index is 2.03. The molecule has 3 atom stereocenters. The molecule has 1 saturated carbocycles. The summed E-state index contributed by atoms with van der Waals surface area (Å²) in [6, 6.07) is 0. The lowest BCUT2D eigenvalue weighted by Crippen LogP contribution is -2.48. The normalized spacial score (nSPS) is 43.5. The van der Waals surface area contributed by atoms with Crippen LogP contribution in [-0.4, -0.2) is 12.6 Å². The second kappa shape index (κ2) is 3.37. The van der Waals surface area contributed by atoms with Gasteiger partial charge in [0.15, 0.2) is 0 Å². The molecule has 2 fully saturated rings. The highest BCUT2D eigenvalue weighted by Crippen LogP contribution is 2.60. The Hall–Kier alpha value is -0.790. The number of ether oxygens (including phenoxy) is 1. The molecule has 94 valence electrons. The molecular formula is C15H22O2. The maximum absolute atomic E-state index is 11.7. The molecule has 0 aromatic carbocycles. The van der Waals surface area contributed by atoms with Gasteiger partial charge in [-0.15, -0.1) is 0 Å². The van der Waals surface area contributed by atoms with Crippen LogP contribution in [0.15, 0.2) is 11.6 Å². The van der Waals surface area contributed by atoms with E-state index in [1.165, 1.54) is 19.3 Å². The third-order valence-corrected chi connectivity index (χ3v) is 5.64. The summed E-state index contributed by atoms with van der Waals surface area (Å²) in [6.07, 6.45) is 7.08. The van der Waals surface area contributed by atoms with Gasteiger partial charge in [-0.1, -0.05) is 33.3 Å².